The van der Waals surface area contributed by atoms with Gasteiger partial charge in [0.2, 0.25) is 0 Å². The summed E-state index contributed by atoms with van der Waals surface area (Å²) in [6, 6.07) is 18.7. The predicted molar refractivity (Wildman–Crippen MR) is 82.8 cm³/mol. The number of hydrogen-bond acceptors (Lipinski definition) is 2. The standard InChI is InChI=1S/C17H15FN2/c1-20(17-11-14(18)7-9-16(17)19)15-8-6-12-4-2-3-5-13(12)10-15/h2-11H,19H2,1H3. The number of nitrogens with two attached hydrogens (primary N) is 1. The summed E-state index contributed by atoms with van der Waals surface area (Å²) in [7, 11) is 1.88. The molecule has 0 amide bonds. The molecule has 2 nitrogen and oxygen atoms in total. The van der Waals surface area contributed by atoms with Crippen molar-refractivity contribution in [2.45, 2.75) is 0 Å². The van der Waals surface area contributed by atoms with Gasteiger partial charge in [0.25, 0.3) is 0 Å². The fourth-order valence-electron chi connectivity index (χ4n) is 2.33. The molecular weight excluding hydrogens is 251 g/mol. The summed E-state index contributed by atoms with van der Waals surface area (Å²) in [6.45, 7) is 0. The van der Waals surface area contributed by atoms with Gasteiger partial charge in [-0.05, 0) is 41.1 Å². The molecule has 0 saturated carbocycles. The summed E-state index contributed by atoms with van der Waals surface area (Å²) in [6.07, 6.45) is 0. The van der Waals surface area contributed by atoms with Crippen molar-refractivity contribution < 1.29 is 4.39 Å². The maximum Gasteiger partial charge on any atom is 0.125 e. The summed E-state index contributed by atoms with van der Waals surface area (Å²) in [5, 5.41) is 2.32. The smallest absolute Gasteiger partial charge is 0.125 e. The minimum Gasteiger partial charge on any atom is -0.397 e. The third-order valence-corrected chi connectivity index (χ3v) is 3.47. The van der Waals surface area contributed by atoms with E-state index < -0.39 is 0 Å². The van der Waals surface area contributed by atoms with E-state index in [2.05, 4.69) is 24.3 Å². The van der Waals surface area contributed by atoms with Gasteiger partial charge in [-0.25, -0.2) is 4.39 Å². The van der Waals surface area contributed by atoms with E-state index in [1.54, 1.807) is 6.07 Å². The Morgan fingerprint density at radius 2 is 1.65 bits per heavy atom. The Bertz CT molecular complexity index is 768. The van der Waals surface area contributed by atoms with Crippen LogP contribution in [-0.2, 0) is 0 Å². The van der Waals surface area contributed by atoms with Crippen molar-refractivity contribution in [3.8, 4) is 0 Å². The first-order chi connectivity index (χ1) is 9.65. The topological polar surface area (TPSA) is 29.3 Å². The Balaban J connectivity index is 2.07. The largest absolute Gasteiger partial charge is 0.397 e. The van der Waals surface area contributed by atoms with E-state index in [9.17, 15) is 4.39 Å². The lowest BCUT2D eigenvalue weighted by Gasteiger charge is -2.21. The minimum absolute atomic E-state index is 0.290. The molecule has 3 aromatic carbocycles. The van der Waals surface area contributed by atoms with E-state index in [4.69, 9.17) is 5.73 Å². The zero-order valence-electron chi connectivity index (χ0n) is 11.2. The Kier molecular flexibility index (Phi) is 3.03. The van der Waals surface area contributed by atoms with Gasteiger partial charge in [-0.2, -0.15) is 0 Å². The molecule has 0 atom stereocenters. The van der Waals surface area contributed by atoms with Crippen LogP contribution in [0, 0.1) is 5.82 Å². The molecule has 0 fully saturated rings. The molecule has 3 heteroatoms. The molecule has 0 heterocycles. The van der Waals surface area contributed by atoms with Crippen LogP contribution in [0.15, 0.2) is 60.7 Å². The predicted octanol–water partition coefficient (Wildman–Crippen LogP) is 4.33. The number of rotatable bonds is 2. The summed E-state index contributed by atoms with van der Waals surface area (Å²) in [5.74, 6) is -0.290. The first-order valence-corrected chi connectivity index (χ1v) is 6.43. The van der Waals surface area contributed by atoms with Gasteiger partial charge in [0.05, 0.1) is 11.4 Å². The fourth-order valence-corrected chi connectivity index (χ4v) is 2.33. The molecule has 3 aromatic rings. The number of fused-ring (bicyclic) bond motifs is 1. The molecule has 0 radical (unpaired) electrons. The summed E-state index contributed by atoms with van der Waals surface area (Å²) in [5.41, 5.74) is 8.13. The molecule has 0 aromatic heterocycles. The average molecular weight is 266 g/mol. The van der Waals surface area contributed by atoms with Crippen LogP contribution in [0.1, 0.15) is 0 Å². The van der Waals surface area contributed by atoms with Gasteiger partial charge in [0, 0.05) is 12.7 Å². The quantitative estimate of drug-likeness (QED) is 0.699. The number of benzene rings is 3. The second-order valence-corrected chi connectivity index (χ2v) is 4.79. The lowest BCUT2D eigenvalue weighted by atomic mass is 10.1. The highest BCUT2D eigenvalue weighted by Gasteiger charge is 2.09. The second-order valence-electron chi connectivity index (χ2n) is 4.79. The van der Waals surface area contributed by atoms with E-state index in [1.807, 2.05) is 30.1 Å². The van der Waals surface area contributed by atoms with Gasteiger partial charge in [-0.15, -0.1) is 0 Å². The molecule has 2 N–H and O–H groups in total. The van der Waals surface area contributed by atoms with Crippen LogP contribution in [0.2, 0.25) is 0 Å². The van der Waals surface area contributed by atoms with Crippen LogP contribution in [0.5, 0.6) is 0 Å². The van der Waals surface area contributed by atoms with E-state index in [0.717, 1.165) is 11.1 Å². The van der Waals surface area contributed by atoms with Crippen LogP contribution in [0.4, 0.5) is 21.5 Å². The molecule has 0 spiro atoms. The van der Waals surface area contributed by atoms with Crippen molar-refractivity contribution in [1.29, 1.82) is 0 Å². The molecule has 0 unspecified atom stereocenters. The average Bonchev–Trinajstić information content (AvgIpc) is 2.48. The maximum absolute atomic E-state index is 13.4. The van der Waals surface area contributed by atoms with Gasteiger partial charge in [0.15, 0.2) is 0 Å². The van der Waals surface area contributed by atoms with Crippen molar-refractivity contribution in [2.75, 3.05) is 17.7 Å². The highest BCUT2D eigenvalue weighted by molar-refractivity contribution is 5.87. The summed E-state index contributed by atoms with van der Waals surface area (Å²) < 4.78 is 13.4. The Morgan fingerprint density at radius 1 is 0.900 bits per heavy atom. The lowest BCUT2D eigenvalue weighted by molar-refractivity contribution is 0.628. The van der Waals surface area contributed by atoms with Crippen molar-refractivity contribution in [2.24, 2.45) is 0 Å². The van der Waals surface area contributed by atoms with Gasteiger partial charge >= 0.3 is 0 Å². The molecule has 20 heavy (non-hydrogen) atoms. The second kappa shape index (κ2) is 4.85. The van der Waals surface area contributed by atoms with Crippen LogP contribution in [0.25, 0.3) is 10.8 Å². The van der Waals surface area contributed by atoms with Crippen LogP contribution in [0.3, 0.4) is 0 Å². The molecular formula is C17H15FN2. The third kappa shape index (κ3) is 2.18. The molecule has 100 valence electrons. The third-order valence-electron chi connectivity index (χ3n) is 3.47. The SMILES string of the molecule is CN(c1ccc2ccccc2c1)c1cc(F)ccc1N. The van der Waals surface area contributed by atoms with Gasteiger partial charge < -0.3 is 10.6 Å². The Labute approximate surface area is 117 Å². The van der Waals surface area contributed by atoms with Crippen molar-refractivity contribution in [1.82, 2.24) is 0 Å². The van der Waals surface area contributed by atoms with Gasteiger partial charge in [0.1, 0.15) is 5.82 Å². The summed E-state index contributed by atoms with van der Waals surface area (Å²) >= 11 is 0. The highest BCUT2D eigenvalue weighted by atomic mass is 19.1. The number of anilines is 3. The van der Waals surface area contributed by atoms with E-state index >= 15 is 0 Å². The molecule has 0 aliphatic heterocycles. The molecule has 3 rings (SSSR count). The molecule has 0 bridgehead atoms. The van der Waals surface area contributed by atoms with E-state index in [0.29, 0.717) is 11.4 Å². The Morgan fingerprint density at radius 3 is 2.45 bits per heavy atom. The van der Waals surface area contributed by atoms with Crippen molar-refractivity contribution in [3.05, 3.63) is 66.5 Å². The minimum atomic E-state index is -0.290. The zero-order valence-corrected chi connectivity index (χ0v) is 11.2. The van der Waals surface area contributed by atoms with Crippen LogP contribution in [-0.4, -0.2) is 7.05 Å². The number of nitrogen functional groups attached to an aromatic ring is 1. The Hall–Kier alpha value is -2.55. The fraction of sp³-hybridized carbons (Fsp3) is 0.0588. The van der Waals surface area contributed by atoms with Crippen molar-refractivity contribution >= 4 is 27.8 Å². The van der Waals surface area contributed by atoms with Gasteiger partial charge in [-0.3, -0.25) is 0 Å². The van der Waals surface area contributed by atoms with Crippen molar-refractivity contribution in [3.63, 3.8) is 0 Å². The highest BCUT2D eigenvalue weighted by Crippen LogP contribution is 2.31. The maximum atomic E-state index is 13.4. The lowest BCUT2D eigenvalue weighted by Crippen LogP contribution is -2.11. The van der Waals surface area contributed by atoms with E-state index in [1.165, 1.54) is 17.5 Å². The van der Waals surface area contributed by atoms with E-state index in [-0.39, 0.29) is 5.82 Å². The molecule has 0 aliphatic carbocycles. The zero-order chi connectivity index (χ0) is 14.1. The molecule has 0 aliphatic rings. The first kappa shape index (κ1) is 12.5. The molecule has 0 saturated heterocycles. The monoisotopic (exact) mass is 266 g/mol. The number of hydrogen-bond donors (Lipinski definition) is 1. The van der Waals surface area contributed by atoms with Gasteiger partial charge in [-0.1, -0.05) is 30.3 Å². The van der Waals surface area contributed by atoms with Crippen LogP contribution < -0.4 is 10.6 Å². The summed E-state index contributed by atoms with van der Waals surface area (Å²) in [4.78, 5) is 1.89. The number of nitrogens with zero attached hydrogens (tertiary/aromatic N) is 1. The normalized spacial score (nSPS) is 10.7. The first-order valence-electron chi connectivity index (χ1n) is 6.43. The number of halogens is 1. The van der Waals surface area contributed by atoms with Crippen LogP contribution >= 0.6 is 0 Å².